The smallest absolute Gasteiger partial charge is 0.165 e. The standard InChI is InChI=1S/C15H13FN2O/c1-10-2-5-12(6-3-10)18-14(9-17)11-4-7-15(19)13(16)8-11/h2-8,14,18-19H,1H3. The van der Waals surface area contributed by atoms with Gasteiger partial charge in [-0.1, -0.05) is 23.8 Å². The number of nitrogens with one attached hydrogen (secondary N) is 1. The zero-order valence-electron chi connectivity index (χ0n) is 10.4. The van der Waals surface area contributed by atoms with Gasteiger partial charge in [-0.15, -0.1) is 0 Å². The molecule has 2 rings (SSSR count). The van der Waals surface area contributed by atoms with Gasteiger partial charge in [-0.2, -0.15) is 5.26 Å². The van der Waals surface area contributed by atoms with Crippen LogP contribution in [-0.4, -0.2) is 5.11 Å². The fraction of sp³-hybridized carbons (Fsp3) is 0.133. The van der Waals surface area contributed by atoms with E-state index in [1.807, 2.05) is 31.2 Å². The highest BCUT2D eigenvalue weighted by Gasteiger charge is 2.12. The number of hydrogen-bond acceptors (Lipinski definition) is 3. The van der Waals surface area contributed by atoms with Crippen molar-refractivity contribution in [2.45, 2.75) is 13.0 Å². The van der Waals surface area contributed by atoms with Gasteiger partial charge < -0.3 is 10.4 Å². The number of benzene rings is 2. The van der Waals surface area contributed by atoms with E-state index in [1.165, 1.54) is 12.1 Å². The zero-order chi connectivity index (χ0) is 13.8. The zero-order valence-corrected chi connectivity index (χ0v) is 10.4. The van der Waals surface area contributed by atoms with Crippen LogP contribution in [0, 0.1) is 24.1 Å². The lowest BCUT2D eigenvalue weighted by Crippen LogP contribution is -2.08. The van der Waals surface area contributed by atoms with Crippen LogP contribution in [0.15, 0.2) is 42.5 Å². The normalized spacial score (nSPS) is 11.6. The Morgan fingerprint density at radius 3 is 2.47 bits per heavy atom. The molecule has 0 saturated carbocycles. The Kier molecular flexibility index (Phi) is 3.67. The van der Waals surface area contributed by atoms with Crippen LogP contribution in [-0.2, 0) is 0 Å². The predicted octanol–water partition coefficient (Wildman–Crippen LogP) is 3.52. The van der Waals surface area contributed by atoms with E-state index in [9.17, 15) is 4.39 Å². The van der Waals surface area contributed by atoms with Gasteiger partial charge in [-0.05, 0) is 36.8 Å². The molecule has 0 amide bonds. The largest absolute Gasteiger partial charge is 0.505 e. The first-order chi connectivity index (χ1) is 9.10. The molecule has 4 heteroatoms. The van der Waals surface area contributed by atoms with E-state index in [-0.39, 0.29) is 0 Å². The van der Waals surface area contributed by atoms with E-state index in [1.54, 1.807) is 0 Å². The minimum atomic E-state index is -0.733. The number of hydrogen-bond donors (Lipinski definition) is 2. The minimum Gasteiger partial charge on any atom is -0.505 e. The number of phenols is 1. The van der Waals surface area contributed by atoms with E-state index in [2.05, 4.69) is 11.4 Å². The summed E-state index contributed by atoms with van der Waals surface area (Å²) in [6.45, 7) is 1.97. The SMILES string of the molecule is Cc1ccc(NC(C#N)c2ccc(O)c(F)c2)cc1. The van der Waals surface area contributed by atoms with Crippen molar-refractivity contribution in [2.75, 3.05) is 5.32 Å². The second-order valence-electron chi connectivity index (χ2n) is 4.28. The number of anilines is 1. The highest BCUT2D eigenvalue weighted by Crippen LogP contribution is 2.23. The van der Waals surface area contributed by atoms with Crippen molar-refractivity contribution in [3.8, 4) is 11.8 Å². The molecule has 0 heterocycles. The monoisotopic (exact) mass is 256 g/mol. The minimum absolute atomic E-state index is 0.421. The Hall–Kier alpha value is -2.54. The topological polar surface area (TPSA) is 56.0 Å². The molecule has 0 aromatic heterocycles. The van der Waals surface area contributed by atoms with Crippen LogP contribution in [0.5, 0.6) is 5.75 Å². The van der Waals surface area contributed by atoms with Crippen LogP contribution in [0.2, 0.25) is 0 Å². The van der Waals surface area contributed by atoms with Gasteiger partial charge in [0.15, 0.2) is 11.6 Å². The third-order valence-electron chi connectivity index (χ3n) is 2.80. The van der Waals surface area contributed by atoms with Gasteiger partial charge >= 0.3 is 0 Å². The Morgan fingerprint density at radius 1 is 1.21 bits per heavy atom. The lowest BCUT2D eigenvalue weighted by atomic mass is 10.1. The maximum Gasteiger partial charge on any atom is 0.165 e. The molecule has 19 heavy (non-hydrogen) atoms. The van der Waals surface area contributed by atoms with Crippen molar-refractivity contribution in [3.63, 3.8) is 0 Å². The van der Waals surface area contributed by atoms with Gasteiger partial charge in [0, 0.05) is 5.69 Å². The second-order valence-corrected chi connectivity index (χ2v) is 4.28. The molecule has 96 valence electrons. The summed E-state index contributed by atoms with van der Waals surface area (Å²) < 4.78 is 13.3. The Morgan fingerprint density at radius 2 is 1.89 bits per heavy atom. The van der Waals surface area contributed by atoms with Crippen molar-refractivity contribution >= 4 is 5.69 Å². The Labute approximate surface area is 110 Å². The highest BCUT2D eigenvalue weighted by atomic mass is 19.1. The maximum atomic E-state index is 13.3. The van der Waals surface area contributed by atoms with Crippen LogP contribution >= 0.6 is 0 Å². The summed E-state index contributed by atoms with van der Waals surface area (Å²) in [6, 6.07) is 12.9. The number of halogens is 1. The van der Waals surface area contributed by atoms with E-state index < -0.39 is 17.6 Å². The number of aromatic hydroxyl groups is 1. The lowest BCUT2D eigenvalue weighted by Gasteiger charge is -2.13. The number of aryl methyl sites for hydroxylation is 1. The first-order valence-corrected chi connectivity index (χ1v) is 5.81. The van der Waals surface area contributed by atoms with Crippen LogP contribution in [0.4, 0.5) is 10.1 Å². The number of nitrogens with zero attached hydrogens (tertiary/aromatic N) is 1. The second kappa shape index (κ2) is 5.40. The molecule has 0 aliphatic heterocycles. The van der Waals surface area contributed by atoms with Crippen LogP contribution in [0.3, 0.4) is 0 Å². The van der Waals surface area contributed by atoms with Crippen LogP contribution in [0.1, 0.15) is 17.2 Å². The molecule has 0 fully saturated rings. The summed E-state index contributed by atoms with van der Waals surface area (Å²) in [5, 5.41) is 21.3. The molecular formula is C15H13FN2O. The third kappa shape index (κ3) is 3.02. The summed E-state index contributed by atoms with van der Waals surface area (Å²) in [6.07, 6.45) is 0. The summed E-state index contributed by atoms with van der Waals surface area (Å²) in [4.78, 5) is 0. The van der Waals surface area contributed by atoms with Crippen LogP contribution in [0.25, 0.3) is 0 Å². The van der Waals surface area contributed by atoms with E-state index in [4.69, 9.17) is 10.4 Å². The van der Waals surface area contributed by atoms with E-state index in [0.29, 0.717) is 5.56 Å². The van der Waals surface area contributed by atoms with E-state index in [0.717, 1.165) is 17.3 Å². The molecule has 1 atom stereocenters. The fourth-order valence-corrected chi connectivity index (χ4v) is 1.71. The van der Waals surface area contributed by atoms with Crippen molar-refractivity contribution in [1.29, 1.82) is 5.26 Å². The van der Waals surface area contributed by atoms with Crippen molar-refractivity contribution < 1.29 is 9.50 Å². The fourth-order valence-electron chi connectivity index (χ4n) is 1.71. The van der Waals surface area contributed by atoms with Crippen molar-refractivity contribution in [3.05, 3.63) is 59.4 Å². The first kappa shape index (κ1) is 12.9. The van der Waals surface area contributed by atoms with Gasteiger partial charge in [0.2, 0.25) is 0 Å². The molecule has 1 unspecified atom stereocenters. The summed E-state index contributed by atoms with van der Waals surface area (Å²) >= 11 is 0. The summed E-state index contributed by atoms with van der Waals surface area (Å²) in [5.74, 6) is -1.15. The molecule has 2 N–H and O–H groups in total. The van der Waals surface area contributed by atoms with Gasteiger partial charge in [-0.3, -0.25) is 0 Å². The van der Waals surface area contributed by atoms with Crippen molar-refractivity contribution in [1.82, 2.24) is 0 Å². The predicted molar refractivity (Wildman–Crippen MR) is 71.2 cm³/mol. The average Bonchev–Trinajstić information content (AvgIpc) is 2.41. The third-order valence-corrected chi connectivity index (χ3v) is 2.80. The molecule has 3 nitrogen and oxygen atoms in total. The molecule has 0 saturated heterocycles. The number of nitriles is 1. The molecule has 2 aromatic rings. The Balaban J connectivity index is 2.23. The highest BCUT2D eigenvalue weighted by molar-refractivity contribution is 5.48. The molecule has 0 radical (unpaired) electrons. The summed E-state index contributed by atoms with van der Waals surface area (Å²) in [5.41, 5.74) is 2.37. The van der Waals surface area contributed by atoms with Crippen molar-refractivity contribution in [2.24, 2.45) is 0 Å². The quantitative estimate of drug-likeness (QED) is 0.883. The molecule has 0 aliphatic carbocycles. The molecule has 0 spiro atoms. The Bertz CT molecular complexity index is 617. The lowest BCUT2D eigenvalue weighted by molar-refractivity contribution is 0.431. The number of rotatable bonds is 3. The van der Waals surface area contributed by atoms with Gasteiger partial charge in [0.25, 0.3) is 0 Å². The first-order valence-electron chi connectivity index (χ1n) is 5.81. The van der Waals surface area contributed by atoms with Crippen LogP contribution < -0.4 is 5.32 Å². The van der Waals surface area contributed by atoms with E-state index >= 15 is 0 Å². The summed E-state index contributed by atoms with van der Waals surface area (Å²) in [7, 11) is 0. The molecule has 0 aliphatic rings. The number of phenolic OH excluding ortho intramolecular Hbond substituents is 1. The average molecular weight is 256 g/mol. The van der Waals surface area contributed by atoms with Gasteiger partial charge in [0.05, 0.1) is 6.07 Å². The van der Waals surface area contributed by atoms with Gasteiger partial charge in [0.1, 0.15) is 6.04 Å². The molecule has 0 bridgehead atoms. The maximum absolute atomic E-state index is 13.3. The molecular weight excluding hydrogens is 243 g/mol. The van der Waals surface area contributed by atoms with Gasteiger partial charge in [-0.25, -0.2) is 4.39 Å². The molecule has 2 aromatic carbocycles.